The van der Waals surface area contributed by atoms with Crippen LogP contribution in [0.5, 0.6) is 0 Å². The summed E-state index contributed by atoms with van der Waals surface area (Å²) in [5, 5.41) is 3.53. The molecular weight excluding hydrogens is 316 g/mol. The molecule has 0 aromatic carbocycles. The van der Waals surface area contributed by atoms with E-state index in [1.807, 2.05) is 37.5 Å². The van der Waals surface area contributed by atoms with E-state index in [-0.39, 0.29) is 6.04 Å². The molecule has 0 bridgehead atoms. The van der Waals surface area contributed by atoms with Crippen molar-refractivity contribution in [3.8, 4) is 0 Å². The molecule has 20 heavy (non-hydrogen) atoms. The SMILES string of the molecule is CCCNC(Cc1ccc(Br)cn1)c1ccnc(C)n1. The van der Waals surface area contributed by atoms with Gasteiger partial charge in [-0.05, 0) is 54.0 Å². The Morgan fingerprint density at radius 3 is 2.75 bits per heavy atom. The Kier molecular flexibility index (Phi) is 5.61. The first-order valence-corrected chi connectivity index (χ1v) is 7.61. The van der Waals surface area contributed by atoms with Gasteiger partial charge < -0.3 is 5.32 Å². The Morgan fingerprint density at radius 2 is 2.10 bits per heavy atom. The minimum atomic E-state index is 0.172. The maximum absolute atomic E-state index is 4.53. The lowest BCUT2D eigenvalue weighted by molar-refractivity contribution is 0.511. The average molecular weight is 335 g/mol. The van der Waals surface area contributed by atoms with Crippen LogP contribution < -0.4 is 5.32 Å². The molecule has 0 saturated carbocycles. The maximum atomic E-state index is 4.53. The molecule has 0 aliphatic rings. The van der Waals surface area contributed by atoms with E-state index in [1.165, 1.54) is 0 Å². The fourth-order valence-electron chi connectivity index (χ4n) is 2.00. The Labute approximate surface area is 128 Å². The third kappa shape index (κ3) is 4.35. The van der Waals surface area contributed by atoms with E-state index in [1.54, 1.807) is 0 Å². The normalized spacial score (nSPS) is 12.3. The average Bonchev–Trinajstić information content (AvgIpc) is 2.45. The number of hydrogen-bond donors (Lipinski definition) is 1. The van der Waals surface area contributed by atoms with E-state index in [9.17, 15) is 0 Å². The fraction of sp³-hybridized carbons (Fsp3) is 0.400. The molecule has 0 fully saturated rings. The van der Waals surface area contributed by atoms with Gasteiger partial charge in [-0.1, -0.05) is 6.92 Å². The van der Waals surface area contributed by atoms with Crippen LogP contribution in [0.25, 0.3) is 0 Å². The molecule has 1 N–H and O–H groups in total. The molecule has 0 saturated heterocycles. The number of aryl methyl sites for hydroxylation is 1. The lowest BCUT2D eigenvalue weighted by atomic mass is 10.1. The summed E-state index contributed by atoms with van der Waals surface area (Å²) in [6.07, 6.45) is 5.56. The first kappa shape index (κ1) is 15.1. The molecule has 0 radical (unpaired) electrons. The van der Waals surface area contributed by atoms with Gasteiger partial charge in [0.05, 0.1) is 11.7 Å². The van der Waals surface area contributed by atoms with Crippen molar-refractivity contribution in [1.82, 2.24) is 20.3 Å². The Hall–Kier alpha value is -1.33. The lowest BCUT2D eigenvalue weighted by Gasteiger charge is -2.18. The number of rotatable bonds is 6. The Bertz CT molecular complexity index is 542. The van der Waals surface area contributed by atoms with Crippen LogP contribution in [0, 0.1) is 6.92 Å². The van der Waals surface area contributed by atoms with Gasteiger partial charge in [-0.25, -0.2) is 9.97 Å². The second-order valence-corrected chi connectivity index (χ2v) is 5.62. The van der Waals surface area contributed by atoms with E-state index < -0.39 is 0 Å². The molecule has 2 rings (SSSR count). The maximum Gasteiger partial charge on any atom is 0.125 e. The third-order valence-electron chi connectivity index (χ3n) is 3.00. The van der Waals surface area contributed by atoms with Crippen LogP contribution in [0.3, 0.4) is 0 Å². The molecule has 5 heteroatoms. The first-order valence-electron chi connectivity index (χ1n) is 6.82. The standard InChI is InChI=1S/C15H19BrN4/c1-3-7-18-15(14-6-8-17-11(2)20-14)9-13-5-4-12(16)10-19-13/h4-6,8,10,15,18H,3,7,9H2,1-2H3. The summed E-state index contributed by atoms with van der Waals surface area (Å²) >= 11 is 3.41. The van der Waals surface area contributed by atoms with Crippen molar-refractivity contribution >= 4 is 15.9 Å². The molecule has 0 amide bonds. The van der Waals surface area contributed by atoms with Crippen LogP contribution >= 0.6 is 15.9 Å². The highest BCUT2D eigenvalue weighted by molar-refractivity contribution is 9.10. The number of nitrogens with one attached hydrogen (secondary N) is 1. The van der Waals surface area contributed by atoms with Gasteiger partial charge in [0.1, 0.15) is 5.82 Å². The van der Waals surface area contributed by atoms with Crippen LogP contribution in [0.1, 0.15) is 36.6 Å². The highest BCUT2D eigenvalue weighted by Crippen LogP contribution is 2.17. The molecule has 2 aromatic rings. The lowest BCUT2D eigenvalue weighted by Crippen LogP contribution is -2.25. The Balaban J connectivity index is 2.16. The number of pyridine rings is 1. The highest BCUT2D eigenvalue weighted by atomic mass is 79.9. The first-order chi connectivity index (χ1) is 9.69. The summed E-state index contributed by atoms with van der Waals surface area (Å²) in [6.45, 7) is 5.04. The minimum absolute atomic E-state index is 0.172. The summed E-state index contributed by atoms with van der Waals surface area (Å²) in [5.41, 5.74) is 2.08. The van der Waals surface area contributed by atoms with Crippen LogP contribution in [-0.4, -0.2) is 21.5 Å². The predicted molar refractivity (Wildman–Crippen MR) is 83.4 cm³/mol. The van der Waals surface area contributed by atoms with Gasteiger partial charge in [-0.2, -0.15) is 0 Å². The summed E-state index contributed by atoms with van der Waals surface area (Å²) in [6, 6.07) is 6.20. The molecule has 1 atom stereocenters. The van der Waals surface area contributed by atoms with Gasteiger partial charge in [-0.15, -0.1) is 0 Å². The van der Waals surface area contributed by atoms with Gasteiger partial charge in [0.15, 0.2) is 0 Å². The van der Waals surface area contributed by atoms with Crippen molar-refractivity contribution in [2.24, 2.45) is 0 Å². The number of halogens is 1. The molecule has 0 aliphatic carbocycles. The van der Waals surface area contributed by atoms with Crippen molar-refractivity contribution in [3.05, 3.63) is 52.3 Å². The Morgan fingerprint density at radius 1 is 1.25 bits per heavy atom. The largest absolute Gasteiger partial charge is 0.308 e. The van der Waals surface area contributed by atoms with Crippen LogP contribution in [0.15, 0.2) is 35.1 Å². The van der Waals surface area contributed by atoms with E-state index in [4.69, 9.17) is 0 Å². The van der Waals surface area contributed by atoms with E-state index in [0.29, 0.717) is 0 Å². The summed E-state index contributed by atoms with van der Waals surface area (Å²) in [5.74, 6) is 0.801. The summed E-state index contributed by atoms with van der Waals surface area (Å²) < 4.78 is 0.997. The zero-order chi connectivity index (χ0) is 14.4. The molecular formula is C15H19BrN4. The second-order valence-electron chi connectivity index (χ2n) is 4.71. The zero-order valence-corrected chi connectivity index (χ0v) is 13.4. The van der Waals surface area contributed by atoms with Crippen molar-refractivity contribution in [2.45, 2.75) is 32.7 Å². The molecule has 2 heterocycles. The van der Waals surface area contributed by atoms with E-state index in [2.05, 4.69) is 43.1 Å². The molecule has 4 nitrogen and oxygen atoms in total. The zero-order valence-electron chi connectivity index (χ0n) is 11.8. The highest BCUT2D eigenvalue weighted by Gasteiger charge is 2.14. The van der Waals surface area contributed by atoms with Crippen LogP contribution in [0.4, 0.5) is 0 Å². The monoisotopic (exact) mass is 334 g/mol. The van der Waals surface area contributed by atoms with Crippen molar-refractivity contribution in [3.63, 3.8) is 0 Å². The van der Waals surface area contributed by atoms with Gasteiger partial charge in [0.25, 0.3) is 0 Å². The molecule has 0 aliphatic heterocycles. The molecule has 106 valence electrons. The van der Waals surface area contributed by atoms with Gasteiger partial charge >= 0.3 is 0 Å². The van der Waals surface area contributed by atoms with Crippen LogP contribution in [-0.2, 0) is 6.42 Å². The second kappa shape index (κ2) is 7.45. The van der Waals surface area contributed by atoms with Gasteiger partial charge in [-0.3, -0.25) is 4.98 Å². The van der Waals surface area contributed by atoms with Gasteiger partial charge in [0.2, 0.25) is 0 Å². The quantitative estimate of drug-likeness (QED) is 0.881. The van der Waals surface area contributed by atoms with Crippen molar-refractivity contribution in [2.75, 3.05) is 6.54 Å². The minimum Gasteiger partial charge on any atom is -0.308 e. The summed E-state index contributed by atoms with van der Waals surface area (Å²) in [7, 11) is 0. The molecule has 0 spiro atoms. The van der Waals surface area contributed by atoms with Crippen LogP contribution in [0.2, 0.25) is 0 Å². The summed E-state index contributed by atoms with van der Waals surface area (Å²) in [4.78, 5) is 13.1. The number of nitrogens with zero attached hydrogens (tertiary/aromatic N) is 3. The third-order valence-corrected chi connectivity index (χ3v) is 3.47. The van der Waals surface area contributed by atoms with E-state index >= 15 is 0 Å². The van der Waals surface area contributed by atoms with E-state index in [0.717, 1.165) is 41.1 Å². The van der Waals surface area contributed by atoms with Crippen molar-refractivity contribution < 1.29 is 0 Å². The predicted octanol–water partition coefficient (Wildman–Crippen LogP) is 3.23. The van der Waals surface area contributed by atoms with Crippen molar-refractivity contribution in [1.29, 1.82) is 0 Å². The topological polar surface area (TPSA) is 50.7 Å². The molecule has 2 aromatic heterocycles. The number of aromatic nitrogens is 3. The smallest absolute Gasteiger partial charge is 0.125 e. The molecule has 1 unspecified atom stereocenters. The number of hydrogen-bond acceptors (Lipinski definition) is 4. The van der Waals surface area contributed by atoms with Gasteiger partial charge in [0, 0.05) is 29.0 Å². The fourth-order valence-corrected chi connectivity index (χ4v) is 2.24.